The molecule has 2 saturated heterocycles. The molecule has 2 fully saturated rings. The first-order valence-corrected chi connectivity index (χ1v) is 4.66. The van der Waals surface area contributed by atoms with Gasteiger partial charge in [0.15, 0.2) is 0 Å². The molecule has 1 atom stereocenters. The predicted octanol–water partition coefficient (Wildman–Crippen LogP) is -0.129. The second kappa shape index (κ2) is 2.82. The molecule has 0 aromatic carbocycles. The molecule has 2 aliphatic heterocycles. The lowest BCUT2D eigenvalue weighted by Crippen LogP contribution is -2.48. The molecule has 1 spiro atoms. The molecule has 1 N–H and O–H groups in total. The standard InChI is InChI=1S/C9H16N2O/c1-11-5-3-9(7-11)6-10-4-2-8(9)12/h10H,2-7H2,1H3. The van der Waals surface area contributed by atoms with Gasteiger partial charge in [-0.15, -0.1) is 0 Å². The molecule has 2 aliphatic rings. The van der Waals surface area contributed by atoms with Crippen LogP contribution >= 0.6 is 0 Å². The summed E-state index contributed by atoms with van der Waals surface area (Å²) < 4.78 is 0. The minimum Gasteiger partial charge on any atom is -0.315 e. The zero-order valence-corrected chi connectivity index (χ0v) is 7.60. The van der Waals surface area contributed by atoms with Crippen molar-refractivity contribution >= 4 is 5.78 Å². The molecule has 0 bridgehead atoms. The van der Waals surface area contributed by atoms with Crippen molar-refractivity contribution in [2.24, 2.45) is 5.41 Å². The molecule has 0 aromatic heterocycles. The summed E-state index contributed by atoms with van der Waals surface area (Å²) in [5, 5.41) is 3.32. The summed E-state index contributed by atoms with van der Waals surface area (Å²) in [5.74, 6) is 0.477. The van der Waals surface area contributed by atoms with Crippen LogP contribution in [0.5, 0.6) is 0 Å². The average Bonchev–Trinajstić information content (AvgIpc) is 2.41. The van der Waals surface area contributed by atoms with Crippen LogP contribution in [0.3, 0.4) is 0 Å². The van der Waals surface area contributed by atoms with Gasteiger partial charge in [0.25, 0.3) is 0 Å². The molecule has 0 aromatic rings. The van der Waals surface area contributed by atoms with Gasteiger partial charge in [0.2, 0.25) is 0 Å². The Balaban J connectivity index is 2.13. The van der Waals surface area contributed by atoms with E-state index in [9.17, 15) is 4.79 Å². The minimum atomic E-state index is -0.0208. The molecule has 0 radical (unpaired) electrons. The molecule has 12 heavy (non-hydrogen) atoms. The Morgan fingerprint density at radius 1 is 1.58 bits per heavy atom. The minimum absolute atomic E-state index is 0.0208. The Bertz CT molecular complexity index is 201. The maximum atomic E-state index is 11.7. The number of hydrogen-bond acceptors (Lipinski definition) is 3. The number of ketones is 1. The fourth-order valence-corrected chi connectivity index (χ4v) is 2.34. The van der Waals surface area contributed by atoms with Gasteiger partial charge in [-0.2, -0.15) is 0 Å². The van der Waals surface area contributed by atoms with E-state index in [1.165, 1.54) is 0 Å². The number of rotatable bonds is 0. The highest BCUT2D eigenvalue weighted by atomic mass is 16.1. The van der Waals surface area contributed by atoms with Crippen LogP contribution in [0.25, 0.3) is 0 Å². The van der Waals surface area contributed by atoms with Crippen LogP contribution in [0.2, 0.25) is 0 Å². The van der Waals surface area contributed by atoms with E-state index in [1.54, 1.807) is 0 Å². The fourth-order valence-electron chi connectivity index (χ4n) is 2.34. The summed E-state index contributed by atoms with van der Waals surface area (Å²) in [5.41, 5.74) is -0.0208. The van der Waals surface area contributed by atoms with Gasteiger partial charge in [-0.05, 0) is 20.0 Å². The number of carbonyl (C=O) groups is 1. The van der Waals surface area contributed by atoms with E-state index in [0.29, 0.717) is 5.78 Å². The smallest absolute Gasteiger partial charge is 0.142 e. The van der Waals surface area contributed by atoms with Crippen molar-refractivity contribution in [3.8, 4) is 0 Å². The number of Topliss-reactive ketones (excluding diaryl/α,β-unsaturated/α-hetero) is 1. The molecule has 1 unspecified atom stereocenters. The van der Waals surface area contributed by atoms with Gasteiger partial charge in [0.05, 0.1) is 5.41 Å². The van der Waals surface area contributed by atoms with Crippen molar-refractivity contribution in [2.45, 2.75) is 12.8 Å². The molecule has 68 valence electrons. The molecule has 3 heteroatoms. The quantitative estimate of drug-likeness (QED) is 0.547. The maximum absolute atomic E-state index is 11.7. The summed E-state index contributed by atoms with van der Waals surface area (Å²) in [7, 11) is 2.09. The van der Waals surface area contributed by atoms with Crippen molar-refractivity contribution in [2.75, 3.05) is 33.2 Å². The highest BCUT2D eigenvalue weighted by Gasteiger charge is 2.43. The van der Waals surface area contributed by atoms with E-state index >= 15 is 0 Å². The molecule has 0 saturated carbocycles. The van der Waals surface area contributed by atoms with E-state index in [2.05, 4.69) is 17.3 Å². The van der Waals surface area contributed by atoms with Gasteiger partial charge in [0.1, 0.15) is 5.78 Å². The number of piperidine rings is 1. The summed E-state index contributed by atoms with van der Waals surface area (Å²) >= 11 is 0. The third kappa shape index (κ3) is 1.17. The summed E-state index contributed by atoms with van der Waals surface area (Å²) in [6, 6.07) is 0. The number of nitrogens with one attached hydrogen (secondary N) is 1. The first-order valence-electron chi connectivity index (χ1n) is 4.66. The van der Waals surface area contributed by atoms with Crippen molar-refractivity contribution < 1.29 is 4.79 Å². The Labute approximate surface area is 73.1 Å². The van der Waals surface area contributed by atoms with Crippen LogP contribution in [0, 0.1) is 5.41 Å². The average molecular weight is 168 g/mol. The lowest BCUT2D eigenvalue weighted by Gasteiger charge is -2.31. The molecular formula is C9H16N2O. The third-order valence-corrected chi connectivity index (χ3v) is 3.13. The van der Waals surface area contributed by atoms with Crippen LogP contribution in [0.1, 0.15) is 12.8 Å². The zero-order chi connectivity index (χ0) is 8.60. The van der Waals surface area contributed by atoms with E-state index in [1.807, 2.05) is 0 Å². The predicted molar refractivity (Wildman–Crippen MR) is 47.0 cm³/mol. The van der Waals surface area contributed by atoms with Crippen molar-refractivity contribution in [1.82, 2.24) is 10.2 Å². The van der Waals surface area contributed by atoms with E-state index in [-0.39, 0.29) is 5.41 Å². The Morgan fingerprint density at radius 2 is 2.42 bits per heavy atom. The van der Waals surface area contributed by atoms with Gasteiger partial charge in [0, 0.05) is 26.1 Å². The van der Waals surface area contributed by atoms with Crippen molar-refractivity contribution in [1.29, 1.82) is 0 Å². The molecule has 3 nitrogen and oxygen atoms in total. The van der Waals surface area contributed by atoms with E-state index in [0.717, 1.165) is 39.0 Å². The summed E-state index contributed by atoms with van der Waals surface area (Å²) in [4.78, 5) is 14.0. The highest BCUT2D eigenvalue weighted by Crippen LogP contribution is 2.32. The van der Waals surface area contributed by atoms with Crippen LogP contribution in [0.4, 0.5) is 0 Å². The van der Waals surface area contributed by atoms with Gasteiger partial charge in [-0.25, -0.2) is 0 Å². The first kappa shape index (κ1) is 8.20. The molecule has 0 amide bonds. The number of nitrogens with zero attached hydrogens (tertiary/aromatic N) is 1. The van der Waals surface area contributed by atoms with E-state index in [4.69, 9.17) is 0 Å². The van der Waals surface area contributed by atoms with Gasteiger partial charge >= 0.3 is 0 Å². The normalized spacial score (nSPS) is 37.9. The lowest BCUT2D eigenvalue weighted by molar-refractivity contribution is -0.129. The summed E-state index contributed by atoms with van der Waals surface area (Å²) in [6.07, 6.45) is 1.78. The summed E-state index contributed by atoms with van der Waals surface area (Å²) in [6.45, 7) is 3.81. The lowest BCUT2D eigenvalue weighted by atomic mass is 9.79. The van der Waals surface area contributed by atoms with Crippen molar-refractivity contribution in [3.05, 3.63) is 0 Å². The number of hydrogen-bond donors (Lipinski definition) is 1. The molecule has 2 heterocycles. The van der Waals surface area contributed by atoms with Crippen LogP contribution in [0.15, 0.2) is 0 Å². The fraction of sp³-hybridized carbons (Fsp3) is 0.889. The Hall–Kier alpha value is -0.410. The van der Waals surface area contributed by atoms with Crippen LogP contribution in [-0.4, -0.2) is 43.9 Å². The second-order valence-electron chi connectivity index (χ2n) is 4.12. The monoisotopic (exact) mass is 168 g/mol. The largest absolute Gasteiger partial charge is 0.315 e. The molecule has 0 aliphatic carbocycles. The maximum Gasteiger partial charge on any atom is 0.142 e. The van der Waals surface area contributed by atoms with Gasteiger partial charge in [-0.1, -0.05) is 0 Å². The first-order chi connectivity index (χ1) is 5.73. The van der Waals surface area contributed by atoms with Gasteiger partial charge in [-0.3, -0.25) is 4.79 Å². The topological polar surface area (TPSA) is 32.3 Å². The Kier molecular flexibility index (Phi) is 1.93. The Morgan fingerprint density at radius 3 is 3.00 bits per heavy atom. The highest BCUT2D eigenvalue weighted by molar-refractivity contribution is 5.86. The SMILES string of the molecule is CN1CCC2(CNCCC2=O)C1. The number of carbonyl (C=O) groups excluding carboxylic acids is 1. The van der Waals surface area contributed by atoms with Crippen LogP contribution < -0.4 is 5.32 Å². The third-order valence-electron chi connectivity index (χ3n) is 3.13. The van der Waals surface area contributed by atoms with E-state index < -0.39 is 0 Å². The zero-order valence-electron chi connectivity index (χ0n) is 7.60. The van der Waals surface area contributed by atoms with Gasteiger partial charge < -0.3 is 10.2 Å². The van der Waals surface area contributed by atoms with Crippen LogP contribution in [-0.2, 0) is 4.79 Å². The number of likely N-dealkylation sites (tertiary alicyclic amines) is 1. The van der Waals surface area contributed by atoms with Crippen molar-refractivity contribution in [3.63, 3.8) is 0 Å². The molecular weight excluding hydrogens is 152 g/mol. The molecule has 2 rings (SSSR count). The second-order valence-corrected chi connectivity index (χ2v) is 4.12.